The van der Waals surface area contributed by atoms with Crippen molar-refractivity contribution >= 4 is 48.4 Å². The summed E-state index contributed by atoms with van der Waals surface area (Å²) in [6, 6.07) is 13.6. The zero-order chi connectivity index (χ0) is 18.5. The SMILES string of the molecule is CC1=CC(C)CC(c2c3ccsc3c(-c3cccc(C)c3)c3ccsc23)=C1. The molecule has 0 bridgehead atoms. The predicted octanol–water partition coefficient (Wildman–Crippen LogP) is 8.46. The zero-order valence-corrected chi connectivity index (χ0v) is 17.5. The lowest BCUT2D eigenvalue weighted by Crippen LogP contribution is -2.00. The average Bonchev–Trinajstić information content (AvgIpc) is 3.27. The van der Waals surface area contributed by atoms with Crippen LogP contribution in [0.15, 0.2) is 64.9 Å². The number of fused-ring (bicyclic) bond motifs is 2. The standard InChI is InChI=1S/C25H22S2/c1-15-5-4-6-18(12-15)22-20-7-9-27-25(20)23(21-8-10-26-24(21)22)19-13-16(2)11-17(3)14-19/h4-13,17H,14H2,1-3H3. The molecule has 2 aromatic heterocycles. The molecular formula is C25H22S2. The second-order valence-electron chi connectivity index (χ2n) is 7.71. The van der Waals surface area contributed by atoms with Gasteiger partial charge in [0.2, 0.25) is 0 Å². The van der Waals surface area contributed by atoms with Gasteiger partial charge < -0.3 is 0 Å². The summed E-state index contributed by atoms with van der Waals surface area (Å²) in [5.41, 5.74) is 8.40. The number of allylic oxidation sites excluding steroid dienone is 4. The molecule has 2 aromatic carbocycles. The first kappa shape index (κ1) is 17.0. The smallest absolute Gasteiger partial charge is 0.0434 e. The first-order chi connectivity index (χ1) is 13.1. The van der Waals surface area contributed by atoms with Crippen molar-refractivity contribution < 1.29 is 0 Å². The largest absolute Gasteiger partial charge is 0.143 e. The van der Waals surface area contributed by atoms with E-state index in [1.807, 2.05) is 22.7 Å². The number of benzene rings is 2. The second kappa shape index (κ2) is 6.47. The van der Waals surface area contributed by atoms with Crippen LogP contribution in [0.2, 0.25) is 0 Å². The fraction of sp³-hybridized carbons (Fsp3) is 0.200. The Labute approximate surface area is 168 Å². The summed E-state index contributed by atoms with van der Waals surface area (Å²) in [5.74, 6) is 0.602. The normalized spacial score (nSPS) is 17.4. The van der Waals surface area contributed by atoms with Gasteiger partial charge in [0.1, 0.15) is 0 Å². The fourth-order valence-electron chi connectivity index (χ4n) is 4.46. The zero-order valence-electron chi connectivity index (χ0n) is 15.9. The fourth-order valence-corrected chi connectivity index (χ4v) is 6.44. The van der Waals surface area contributed by atoms with Crippen molar-refractivity contribution in [2.24, 2.45) is 5.92 Å². The minimum atomic E-state index is 0.602. The van der Waals surface area contributed by atoms with E-state index in [9.17, 15) is 0 Å². The van der Waals surface area contributed by atoms with E-state index in [4.69, 9.17) is 0 Å². The van der Waals surface area contributed by atoms with Crippen LogP contribution in [0, 0.1) is 12.8 Å². The number of aryl methyl sites for hydroxylation is 1. The Balaban J connectivity index is 1.88. The molecule has 2 heterocycles. The highest BCUT2D eigenvalue weighted by Crippen LogP contribution is 2.47. The topological polar surface area (TPSA) is 0 Å². The van der Waals surface area contributed by atoms with Crippen molar-refractivity contribution in [3.63, 3.8) is 0 Å². The summed E-state index contributed by atoms with van der Waals surface area (Å²) in [5, 5.41) is 7.33. The first-order valence-corrected chi connectivity index (χ1v) is 11.2. The van der Waals surface area contributed by atoms with Crippen LogP contribution >= 0.6 is 22.7 Å². The van der Waals surface area contributed by atoms with Gasteiger partial charge in [-0.3, -0.25) is 0 Å². The van der Waals surface area contributed by atoms with Gasteiger partial charge in [-0.1, -0.05) is 54.5 Å². The Morgan fingerprint density at radius 3 is 2.30 bits per heavy atom. The van der Waals surface area contributed by atoms with Crippen LogP contribution in [0.1, 0.15) is 31.4 Å². The summed E-state index contributed by atoms with van der Waals surface area (Å²) >= 11 is 3.76. The van der Waals surface area contributed by atoms with E-state index in [0.29, 0.717) is 5.92 Å². The first-order valence-electron chi connectivity index (χ1n) is 9.48. The molecule has 4 aromatic rings. The van der Waals surface area contributed by atoms with Gasteiger partial charge in [-0.25, -0.2) is 0 Å². The lowest BCUT2D eigenvalue weighted by molar-refractivity contribution is 0.742. The quantitative estimate of drug-likeness (QED) is 0.324. The van der Waals surface area contributed by atoms with Crippen LogP contribution in [-0.4, -0.2) is 0 Å². The molecule has 0 fully saturated rings. The molecule has 5 rings (SSSR count). The summed E-state index contributed by atoms with van der Waals surface area (Å²) < 4.78 is 2.85. The Morgan fingerprint density at radius 1 is 0.889 bits per heavy atom. The Hall–Kier alpha value is -2.16. The van der Waals surface area contributed by atoms with Gasteiger partial charge in [0.25, 0.3) is 0 Å². The molecule has 0 aliphatic heterocycles. The van der Waals surface area contributed by atoms with Gasteiger partial charge in [-0.05, 0) is 60.2 Å². The van der Waals surface area contributed by atoms with E-state index in [2.05, 4.69) is 80.1 Å². The monoisotopic (exact) mass is 386 g/mol. The maximum absolute atomic E-state index is 2.40. The maximum Gasteiger partial charge on any atom is 0.0434 e. The van der Waals surface area contributed by atoms with E-state index >= 15 is 0 Å². The third-order valence-electron chi connectivity index (χ3n) is 5.44. The Bertz CT molecular complexity index is 1180. The third-order valence-corrected chi connectivity index (χ3v) is 7.31. The van der Waals surface area contributed by atoms with Crippen LogP contribution in [0.25, 0.3) is 36.9 Å². The number of thiophene rings is 2. The average molecular weight is 387 g/mol. The summed E-state index contributed by atoms with van der Waals surface area (Å²) in [4.78, 5) is 0. The van der Waals surface area contributed by atoms with E-state index in [-0.39, 0.29) is 0 Å². The molecule has 1 unspecified atom stereocenters. The molecule has 0 saturated carbocycles. The third kappa shape index (κ3) is 2.79. The van der Waals surface area contributed by atoms with E-state index in [1.54, 1.807) is 0 Å². The molecular weight excluding hydrogens is 364 g/mol. The van der Waals surface area contributed by atoms with Gasteiger partial charge in [0.05, 0.1) is 0 Å². The van der Waals surface area contributed by atoms with Crippen molar-refractivity contribution in [3.8, 4) is 11.1 Å². The Morgan fingerprint density at radius 2 is 1.59 bits per heavy atom. The van der Waals surface area contributed by atoms with Crippen LogP contribution < -0.4 is 0 Å². The molecule has 1 aliphatic carbocycles. The molecule has 134 valence electrons. The van der Waals surface area contributed by atoms with E-state index < -0.39 is 0 Å². The van der Waals surface area contributed by atoms with Crippen LogP contribution in [0.3, 0.4) is 0 Å². The minimum absolute atomic E-state index is 0.602. The molecule has 27 heavy (non-hydrogen) atoms. The molecule has 0 N–H and O–H groups in total. The highest BCUT2D eigenvalue weighted by molar-refractivity contribution is 7.19. The van der Waals surface area contributed by atoms with E-state index in [0.717, 1.165) is 6.42 Å². The second-order valence-corrected chi connectivity index (χ2v) is 9.54. The molecule has 0 saturated heterocycles. The molecule has 0 nitrogen and oxygen atoms in total. The van der Waals surface area contributed by atoms with Crippen molar-refractivity contribution in [1.82, 2.24) is 0 Å². The molecule has 1 aliphatic rings. The highest BCUT2D eigenvalue weighted by Gasteiger charge is 2.21. The van der Waals surface area contributed by atoms with Crippen LogP contribution in [-0.2, 0) is 0 Å². The number of hydrogen-bond donors (Lipinski definition) is 0. The van der Waals surface area contributed by atoms with Gasteiger partial charge in [0, 0.05) is 31.3 Å². The van der Waals surface area contributed by atoms with E-state index in [1.165, 1.54) is 53.6 Å². The van der Waals surface area contributed by atoms with Crippen molar-refractivity contribution in [2.75, 3.05) is 0 Å². The van der Waals surface area contributed by atoms with Crippen LogP contribution in [0.4, 0.5) is 0 Å². The number of hydrogen-bond acceptors (Lipinski definition) is 2. The number of rotatable bonds is 2. The lowest BCUT2D eigenvalue weighted by atomic mass is 9.85. The van der Waals surface area contributed by atoms with Gasteiger partial charge >= 0.3 is 0 Å². The highest BCUT2D eigenvalue weighted by atomic mass is 32.1. The molecule has 1 atom stereocenters. The van der Waals surface area contributed by atoms with Crippen LogP contribution in [0.5, 0.6) is 0 Å². The Kier molecular flexibility index (Phi) is 4.07. The van der Waals surface area contributed by atoms with Crippen molar-refractivity contribution in [2.45, 2.75) is 27.2 Å². The lowest BCUT2D eigenvalue weighted by Gasteiger charge is -2.20. The molecule has 0 amide bonds. The molecule has 0 radical (unpaired) electrons. The van der Waals surface area contributed by atoms with Gasteiger partial charge in [0.15, 0.2) is 0 Å². The van der Waals surface area contributed by atoms with Crippen molar-refractivity contribution in [1.29, 1.82) is 0 Å². The maximum atomic E-state index is 2.40. The predicted molar refractivity (Wildman–Crippen MR) is 123 cm³/mol. The molecule has 0 spiro atoms. The molecule has 2 heteroatoms. The van der Waals surface area contributed by atoms with Gasteiger partial charge in [-0.2, -0.15) is 0 Å². The summed E-state index contributed by atoms with van der Waals surface area (Å²) in [7, 11) is 0. The minimum Gasteiger partial charge on any atom is -0.143 e. The van der Waals surface area contributed by atoms with Gasteiger partial charge in [-0.15, -0.1) is 22.7 Å². The summed E-state index contributed by atoms with van der Waals surface area (Å²) in [6.07, 6.45) is 5.91. The van der Waals surface area contributed by atoms with Crippen molar-refractivity contribution in [3.05, 3.63) is 76.0 Å². The summed E-state index contributed by atoms with van der Waals surface area (Å²) in [6.45, 7) is 6.74.